The molecule has 4 aromatic rings. The third-order valence-electron chi connectivity index (χ3n) is 5.65. The number of carbonyl (C=O) groups excluding carboxylic acids is 2. The minimum atomic E-state index is -0.150. The van der Waals surface area contributed by atoms with E-state index in [0.29, 0.717) is 24.2 Å². The van der Waals surface area contributed by atoms with Gasteiger partial charge in [-0.05, 0) is 42.0 Å². The van der Waals surface area contributed by atoms with Gasteiger partial charge in [0.05, 0.1) is 16.8 Å². The number of rotatable bonds is 7. The van der Waals surface area contributed by atoms with E-state index in [-0.39, 0.29) is 11.8 Å². The van der Waals surface area contributed by atoms with Crippen molar-refractivity contribution in [3.63, 3.8) is 0 Å². The number of anilines is 2. The molecule has 6 nitrogen and oxygen atoms in total. The molecule has 4 rings (SSSR count). The van der Waals surface area contributed by atoms with Crippen molar-refractivity contribution in [1.82, 2.24) is 10.3 Å². The molecule has 0 aliphatic carbocycles. The molecule has 0 aliphatic heterocycles. The van der Waals surface area contributed by atoms with Gasteiger partial charge >= 0.3 is 0 Å². The third kappa shape index (κ3) is 5.23. The zero-order valence-electron chi connectivity index (χ0n) is 19.6. The van der Waals surface area contributed by atoms with E-state index in [1.165, 1.54) is 0 Å². The zero-order chi connectivity index (χ0) is 24.1. The Morgan fingerprint density at radius 3 is 2.29 bits per heavy atom. The minimum Gasteiger partial charge on any atom is -0.378 e. The van der Waals surface area contributed by atoms with Gasteiger partial charge < -0.3 is 15.5 Å². The van der Waals surface area contributed by atoms with Gasteiger partial charge in [-0.3, -0.25) is 9.59 Å². The summed E-state index contributed by atoms with van der Waals surface area (Å²) in [6.07, 6.45) is 0.423. The second-order valence-electron chi connectivity index (χ2n) is 8.29. The highest BCUT2D eigenvalue weighted by Crippen LogP contribution is 2.26. The number of fused-ring (bicyclic) bond motifs is 1. The van der Waals surface area contributed by atoms with Gasteiger partial charge in [0, 0.05) is 49.4 Å². The monoisotopic (exact) mass is 452 g/mol. The first kappa shape index (κ1) is 23.0. The van der Waals surface area contributed by atoms with Crippen molar-refractivity contribution >= 4 is 34.1 Å². The smallest absolute Gasteiger partial charge is 0.252 e. The summed E-state index contributed by atoms with van der Waals surface area (Å²) < 4.78 is 0. The lowest BCUT2D eigenvalue weighted by molar-refractivity contribution is -0.115. The van der Waals surface area contributed by atoms with E-state index in [1.807, 2.05) is 105 Å². The van der Waals surface area contributed by atoms with E-state index in [4.69, 9.17) is 4.98 Å². The molecular formula is C28H28N4O2. The largest absolute Gasteiger partial charge is 0.378 e. The van der Waals surface area contributed by atoms with Crippen molar-refractivity contribution < 1.29 is 9.59 Å². The first-order valence-electron chi connectivity index (χ1n) is 11.3. The maximum atomic E-state index is 13.2. The molecule has 0 aliphatic rings. The van der Waals surface area contributed by atoms with E-state index in [0.717, 1.165) is 33.4 Å². The van der Waals surface area contributed by atoms with Crippen LogP contribution in [0.15, 0.2) is 78.9 Å². The predicted octanol–water partition coefficient (Wildman–Crippen LogP) is 5.25. The number of nitrogens with one attached hydrogen (secondary N) is 2. The fourth-order valence-corrected chi connectivity index (χ4v) is 3.67. The van der Waals surface area contributed by atoms with Crippen LogP contribution < -0.4 is 15.5 Å². The zero-order valence-corrected chi connectivity index (χ0v) is 19.6. The molecule has 172 valence electrons. The molecule has 0 fully saturated rings. The molecule has 3 aromatic carbocycles. The number of hydrogen-bond acceptors (Lipinski definition) is 4. The van der Waals surface area contributed by atoms with E-state index in [1.54, 1.807) is 0 Å². The fraction of sp³-hybridized carbons (Fsp3) is 0.179. The third-order valence-corrected chi connectivity index (χ3v) is 5.65. The van der Waals surface area contributed by atoms with E-state index in [9.17, 15) is 9.59 Å². The standard InChI is InChI=1S/C28H28N4O2/c1-4-27(33)30-21-13-11-20(12-14-21)26-17-24(23-7-5-6-8-25(23)31-26)28(34)29-18-19-9-15-22(16-10-19)32(2)3/h5-17H,4,18H2,1-3H3,(H,29,34)(H,30,33). The van der Waals surface area contributed by atoms with Gasteiger partial charge in [-0.2, -0.15) is 0 Å². The first-order chi connectivity index (χ1) is 16.4. The first-order valence-corrected chi connectivity index (χ1v) is 11.3. The van der Waals surface area contributed by atoms with Crippen LogP contribution in [0.2, 0.25) is 0 Å². The quantitative estimate of drug-likeness (QED) is 0.402. The van der Waals surface area contributed by atoms with Crippen LogP contribution in [0.1, 0.15) is 29.3 Å². The number of amides is 2. The van der Waals surface area contributed by atoms with Crippen molar-refractivity contribution in [2.24, 2.45) is 0 Å². The van der Waals surface area contributed by atoms with Crippen molar-refractivity contribution in [1.29, 1.82) is 0 Å². The highest BCUT2D eigenvalue weighted by molar-refractivity contribution is 6.07. The molecule has 0 spiro atoms. The number of benzene rings is 3. The Labute approximate surface area is 199 Å². The summed E-state index contributed by atoms with van der Waals surface area (Å²) in [7, 11) is 4.00. The summed E-state index contributed by atoms with van der Waals surface area (Å²) in [6.45, 7) is 2.25. The Morgan fingerprint density at radius 2 is 1.62 bits per heavy atom. The van der Waals surface area contributed by atoms with Gasteiger partial charge in [-0.15, -0.1) is 0 Å². The van der Waals surface area contributed by atoms with Gasteiger partial charge in [0.25, 0.3) is 5.91 Å². The highest BCUT2D eigenvalue weighted by atomic mass is 16.2. The van der Waals surface area contributed by atoms with Crippen LogP contribution in [0.3, 0.4) is 0 Å². The molecule has 0 atom stereocenters. The summed E-state index contributed by atoms with van der Waals surface area (Å²) in [5.74, 6) is -0.185. The van der Waals surface area contributed by atoms with Crippen LogP contribution in [-0.4, -0.2) is 30.9 Å². The highest BCUT2D eigenvalue weighted by Gasteiger charge is 2.14. The number of hydrogen-bond donors (Lipinski definition) is 2. The van der Waals surface area contributed by atoms with Gasteiger partial charge in [0.2, 0.25) is 5.91 Å². The van der Waals surface area contributed by atoms with Gasteiger partial charge in [0.1, 0.15) is 0 Å². The average Bonchev–Trinajstić information content (AvgIpc) is 2.87. The molecule has 6 heteroatoms. The van der Waals surface area contributed by atoms with Crippen LogP contribution in [0.4, 0.5) is 11.4 Å². The second kappa shape index (κ2) is 10.2. The van der Waals surface area contributed by atoms with Crippen molar-refractivity contribution in [2.75, 3.05) is 24.3 Å². The van der Waals surface area contributed by atoms with Gasteiger partial charge in [-0.1, -0.05) is 49.4 Å². The van der Waals surface area contributed by atoms with E-state index >= 15 is 0 Å². The number of carbonyl (C=O) groups is 2. The molecule has 0 saturated heterocycles. The van der Waals surface area contributed by atoms with Crippen molar-refractivity contribution in [3.05, 3.63) is 90.0 Å². The molecule has 0 radical (unpaired) electrons. The van der Waals surface area contributed by atoms with Gasteiger partial charge in [0.15, 0.2) is 0 Å². The number of pyridine rings is 1. The Hall–Kier alpha value is -4.19. The predicted molar refractivity (Wildman–Crippen MR) is 138 cm³/mol. The molecule has 1 aromatic heterocycles. The molecule has 2 N–H and O–H groups in total. The molecule has 0 unspecified atom stereocenters. The van der Waals surface area contributed by atoms with Crippen LogP contribution in [-0.2, 0) is 11.3 Å². The SMILES string of the molecule is CCC(=O)Nc1ccc(-c2cc(C(=O)NCc3ccc(N(C)C)cc3)c3ccccc3n2)cc1. The van der Waals surface area contributed by atoms with E-state index < -0.39 is 0 Å². The van der Waals surface area contributed by atoms with Crippen LogP contribution in [0, 0.1) is 0 Å². The molecule has 0 bridgehead atoms. The van der Waals surface area contributed by atoms with Crippen LogP contribution in [0.25, 0.3) is 22.2 Å². The maximum absolute atomic E-state index is 13.2. The lowest BCUT2D eigenvalue weighted by atomic mass is 10.0. The average molecular weight is 453 g/mol. The lowest BCUT2D eigenvalue weighted by Gasteiger charge is -2.13. The molecule has 1 heterocycles. The number of aromatic nitrogens is 1. The fourth-order valence-electron chi connectivity index (χ4n) is 3.67. The maximum Gasteiger partial charge on any atom is 0.252 e. The Morgan fingerprint density at radius 1 is 0.912 bits per heavy atom. The Balaban J connectivity index is 1.59. The Kier molecular flexibility index (Phi) is 6.87. The lowest BCUT2D eigenvalue weighted by Crippen LogP contribution is -2.23. The normalized spacial score (nSPS) is 10.7. The van der Waals surface area contributed by atoms with E-state index in [2.05, 4.69) is 10.6 Å². The molecule has 34 heavy (non-hydrogen) atoms. The number of nitrogens with zero attached hydrogens (tertiary/aromatic N) is 2. The summed E-state index contributed by atoms with van der Waals surface area (Å²) in [5, 5.41) is 6.69. The Bertz CT molecular complexity index is 1310. The van der Waals surface area contributed by atoms with Crippen LogP contribution >= 0.6 is 0 Å². The molecule has 2 amide bonds. The summed E-state index contributed by atoms with van der Waals surface area (Å²) >= 11 is 0. The van der Waals surface area contributed by atoms with Gasteiger partial charge in [-0.25, -0.2) is 4.98 Å². The molecular weight excluding hydrogens is 424 g/mol. The summed E-state index contributed by atoms with van der Waals surface area (Å²) in [4.78, 5) is 31.7. The summed E-state index contributed by atoms with van der Waals surface area (Å²) in [6, 6.07) is 25.1. The topological polar surface area (TPSA) is 74.3 Å². The summed E-state index contributed by atoms with van der Waals surface area (Å²) in [5.41, 5.74) is 5.77. The van der Waals surface area contributed by atoms with Crippen LogP contribution in [0.5, 0.6) is 0 Å². The molecule has 0 saturated carbocycles. The number of para-hydroxylation sites is 1. The second-order valence-corrected chi connectivity index (χ2v) is 8.29. The van der Waals surface area contributed by atoms with Crippen molar-refractivity contribution in [3.8, 4) is 11.3 Å². The van der Waals surface area contributed by atoms with Crippen molar-refractivity contribution in [2.45, 2.75) is 19.9 Å². The minimum absolute atomic E-state index is 0.0353.